The number of aryl methyl sites for hydroxylation is 1. The number of carbonyl (C=O) groups is 2. The quantitative estimate of drug-likeness (QED) is 0.821. The summed E-state index contributed by atoms with van der Waals surface area (Å²) < 4.78 is 5.06. The molecule has 0 aliphatic heterocycles. The number of hydrogen-bond donors (Lipinski definition) is 1. The maximum atomic E-state index is 12.0. The third kappa shape index (κ3) is 5.23. The smallest absolute Gasteiger partial charge is 0.310 e. The van der Waals surface area contributed by atoms with E-state index in [4.69, 9.17) is 4.74 Å². The standard InChI is InChI=1S/C20H23NO3/c1-14(2)17-6-4-5-7-18(17)21-19(22)13-24-20(23)12-16-10-8-15(3)9-11-16/h4-11,14H,12-13H2,1-3H3,(H,21,22). The number of para-hydroxylation sites is 1. The van der Waals surface area contributed by atoms with Gasteiger partial charge in [0.05, 0.1) is 6.42 Å². The number of anilines is 1. The maximum absolute atomic E-state index is 12.0. The molecule has 0 saturated carbocycles. The zero-order valence-corrected chi connectivity index (χ0v) is 14.3. The fourth-order valence-corrected chi connectivity index (χ4v) is 2.37. The molecule has 4 nitrogen and oxygen atoms in total. The van der Waals surface area contributed by atoms with E-state index >= 15 is 0 Å². The van der Waals surface area contributed by atoms with Crippen LogP contribution in [-0.2, 0) is 20.7 Å². The fourth-order valence-electron chi connectivity index (χ4n) is 2.37. The molecule has 0 aliphatic rings. The van der Waals surface area contributed by atoms with Crippen LogP contribution in [0.25, 0.3) is 0 Å². The molecule has 0 radical (unpaired) electrons. The summed E-state index contributed by atoms with van der Waals surface area (Å²) in [6.45, 7) is 5.83. The van der Waals surface area contributed by atoms with Crippen LogP contribution in [0.1, 0.15) is 36.5 Å². The van der Waals surface area contributed by atoms with E-state index in [1.165, 1.54) is 0 Å². The van der Waals surface area contributed by atoms with Gasteiger partial charge in [0.1, 0.15) is 0 Å². The van der Waals surface area contributed by atoms with Gasteiger partial charge >= 0.3 is 5.97 Å². The fraction of sp³-hybridized carbons (Fsp3) is 0.300. The highest BCUT2D eigenvalue weighted by atomic mass is 16.5. The summed E-state index contributed by atoms with van der Waals surface area (Å²) in [7, 11) is 0. The molecule has 2 aromatic rings. The first-order valence-corrected chi connectivity index (χ1v) is 8.05. The zero-order valence-electron chi connectivity index (χ0n) is 14.3. The minimum absolute atomic E-state index is 0.163. The van der Waals surface area contributed by atoms with Crippen molar-refractivity contribution in [1.82, 2.24) is 0 Å². The molecule has 1 N–H and O–H groups in total. The highest BCUT2D eigenvalue weighted by Gasteiger charge is 2.11. The van der Waals surface area contributed by atoms with E-state index < -0.39 is 5.97 Å². The van der Waals surface area contributed by atoms with Crippen LogP contribution in [0, 0.1) is 6.92 Å². The Morgan fingerprint density at radius 1 is 1.04 bits per heavy atom. The Bertz CT molecular complexity index is 705. The van der Waals surface area contributed by atoms with Crippen LogP contribution in [0.15, 0.2) is 48.5 Å². The van der Waals surface area contributed by atoms with E-state index in [0.717, 1.165) is 22.4 Å². The lowest BCUT2D eigenvalue weighted by Crippen LogP contribution is -2.22. The molecule has 0 saturated heterocycles. The van der Waals surface area contributed by atoms with Gasteiger partial charge < -0.3 is 10.1 Å². The van der Waals surface area contributed by atoms with Crippen molar-refractivity contribution in [3.05, 3.63) is 65.2 Å². The summed E-state index contributed by atoms with van der Waals surface area (Å²) in [6.07, 6.45) is 0.163. The number of hydrogen-bond acceptors (Lipinski definition) is 3. The van der Waals surface area contributed by atoms with Crippen LogP contribution in [-0.4, -0.2) is 18.5 Å². The highest BCUT2D eigenvalue weighted by Crippen LogP contribution is 2.23. The predicted octanol–water partition coefficient (Wildman–Crippen LogP) is 3.84. The summed E-state index contributed by atoms with van der Waals surface area (Å²) in [4.78, 5) is 23.8. The molecule has 0 heterocycles. The van der Waals surface area contributed by atoms with Crippen molar-refractivity contribution in [2.75, 3.05) is 11.9 Å². The molecule has 2 aromatic carbocycles. The minimum atomic E-state index is -0.411. The van der Waals surface area contributed by atoms with E-state index in [2.05, 4.69) is 19.2 Å². The molecule has 2 rings (SSSR count). The molecule has 126 valence electrons. The van der Waals surface area contributed by atoms with E-state index in [1.54, 1.807) is 0 Å². The Labute approximate surface area is 142 Å². The zero-order chi connectivity index (χ0) is 17.5. The van der Waals surface area contributed by atoms with Gasteiger partial charge in [-0.15, -0.1) is 0 Å². The van der Waals surface area contributed by atoms with Crippen LogP contribution < -0.4 is 5.32 Å². The minimum Gasteiger partial charge on any atom is -0.455 e. The molecule has 0 aliphatic carbocycles. The van der Waals surface area contributed by atoms with Gasteiger partial charge in [-0.05, 0) is 30.0 Å². The number of ether oxygens (including phenoxy) is 1. The Morgan fingerprint density at radius 2 is 1.71 bits per heavy atom. The topological polar surface area (TPSA) is 55.4 Å². The Hall–Kier alpha value is -2.62. The molecule has 4 heteroatoms. The van der Waals surface area contributed by atoms with E-state index in [0.29, 0.717) is 5.92 Å². The molecule has 0 spiro atoms. The second kappa shape index (κ2) is 8.29. The van der Waals surface area contributed by atoms with Gasteiger partial charge in [0.15, 0.2) is 6.61 Å². The summed E-state index contributed by atoms with van der Waals surface area (Å²) >= 11 is 0. The van der Waals surface area contributed by atoms with E-state index in [-0.39, 0.29) is 18.9 Å². The maximum Gasteiger partial charge on any atom is 0.310 e. The number of carbonyl (C=O) groups excluding carboxylic acids is 2. The van der Waals surface area contributed by atoms with Crippen LogP contribution in [0.2, 0.25) is 0 Å². The number of nitrogens with one attached hydrogen (secondary N) is 1. The van der Waals surface area contributed by atoms with Gasteiger partial charge in [0.2, 0.25) is 0 Å². The van der Waals surface area contributed by atoms with Crippen molar-refractivity contribution in [2.45, 2.75) is 33.1 Å². The predicted molar refractivity (Wildman–Crippen MR) is 95.0 cm³/mol. The molecular formula is C20H23NO3. The number of benzene rings is 2. The van der Waals surface area contributed by atoms with Gasteiger partial charge in [-0.2, -0.15) is 0 Å². The van der Waals surface area contributed by atoms with Crippen molar-refractivity contribution < 1.29 is 14.3 Å². The Balaban J connectivity index is 1.85. The average Bonchev–Trinajstić information content (AvgIpc) is 2.55. The first kappa shape index (κ1) is 17.7. The largest absolute Gasteiger partial charge is 0.455 e. The van der Waals surface area contributed by atoms with Crippen LogP contribution in [0.5, 0.6) is 0 Å². The summed E-state index contributed by atoms with van der Waals surface area (Å²) in [5.41, 5.74) is 3.82. The number of rotatable bonds is 6. The average molecular weight is 325 g/mol. The number of amides is 1. The van der Waals surface area contributed by atoms with Crippen molar-refractivity contribution >= 4 is 17.6 Å². The Morgan fingerprint density at radius 3 is 2.38 bits per heavy atom. The van der Waals surface area contributed by atoms with Crippen LogP contribution in [0.4, 0.5) is 5.69 Å². The molecule has 1 amide bonds. The van der Waals surface area contributed by atoms with Gasteiger partial charge in [0, 0.05) is 5.69 Å². The van der Waals surface area contributed by atoms with Crippen molar-refractivity contribution in [3.8, 4) is 0 Å². The van der Waals surface area contributed by atoms with Gasteiger partial charge in [-0.25, -0.2) is 0 Å². The van der Waals surface area contributed by atoms with Crippen LogP contribution >= 0.6 is 0 Å². The lowest BCUT2D eigenvalue weighted by Gasteiger charge is -2.13. The molecule has 0 atom stereocenters. The third-order valence-corrected chi connectivity index (χ3v) is 3.69. The first-order chi connectivity index (χ1) is 11.5. The van der Waals surface area contributed by atoms with Crippen molar-refractivity contribution in [3.63, 3.8) is 0 Å². The summed E-state index contributed by atoms with van der Waals surface area (Å²) in [5.74, 6) is -0.447. The first-order valence-electron chi connectivity index (χ1n) is 8.05. The van der Waals surface area contributed by atoms with Gasteiger partial charge in [0.25, 0.3) is 5.91 Å². The Kier molecular flexibility index (Phi) is 6.13. The molecule has 0 fully saturated rings. The van der Waals surface area contributed by atoms with Gasteiger partial charge in [-0.1, -0.05) is 61.9 Å². The second-order valence-electron chi connectivity index (χ2n) is 6.11. The lowest BCUT2D eigenvalue weighted by atomic mass is 10.0. The lowest BCUT2D eigenvalue weighted by molar-refractivity contribution is -0.146. The molecular weight excluding hydrogens is 302 g/mol. The van der Waals surface area contributed by atoms with E-state index in [1.807, 2.05) is 55.5 Å². The van der Waals surface area contributed by atoms with Crippen molar-refractivity contribution in [2.24, 2.45) is 0 Å². The molecule has 0 bridgehead atoms. The summed E-state index contributed by atoms with van der Waals surface area (Å²) in [6, 6.07) is 15.3. The highest BCUT2D eigenvalue weighted by molar-refractivity contribution is 5.93. The SMILES string of the molecule is Cc1ccc(CC(=O)OCC(=O)Nc2ccccc2C(C)C)cc1. The van der Waals surface area contributed by atoms with E-state index in [9.17, 15) is 9.59 Å². The molecule has 24 heavy (non-hydrogen) atoms. The molecule has 0 aromatic heterocycles. The molecule has 0 unspecified atom stereocenters. The normalized spacial score (nSPS) is 10.5. The third-order valence-electron chi connectivity index (χ3n) is 3.69. The van der Waals surface area contributed by atoms with Crippen molar-refractivity contribution in [1.29, 1.82) is 0 Å². The second-order valence-corrected chi connectivity index (χ2v) is 6.11. The summed E-state index contributed by atoms with van der Waals surface area (Å²) in [5, 5.41) is 2.80. The van der Waals surface area contributed by atoms with Gasteiger partial charge in [-0.3, -0.25) is 9.59 Å². The van der Waals surface area contributed by atoms with Crippen LogP contribution in [0.3, 0.4) is 0 Å². The monoisotopic (exact) mass is 325 g/mol. The number of esters is 1.